The molecule has 0 N–H and O–H groups in total. The van der Waals surface area contributed by atoms with Gasteiger partial charge < -0.3 is 4.74 Å². The van der Waals surface area contributed by atoms with Gasteiger partial charge in [0.2, 0.25) is 0 Å². The number of ether oxygens (including phenoxy) is 1. The van der Waals surface area contributed by atoms with E-state index in [1.807, 2.05) is 0 Å². The normalized spacial score (nSPS) is 10.3. The monoisotopic (exact) mass is 292 g/mol. The Morgan fingerprint density at radius 3 is 2.70 bits per heavy atom. The summed E-state index contributed by atoms with van der Waals surface area (Å²) in [6.07, 6.45) is 2.94. The number of nitrogens with zero attached hydrogens (tertiary/aromatic N) is 2. The van der Waals surface area contributed by atoms with Crippen LogP contribution in [0.3, 0.4) is 0 Å². The third-order valence-corrected chi connectivity index (χ3v) is 3.00. The van der Waals surface area contributed by atoms with Crippen molar-refractivity contribution in [1.29, 1.82) is 0 Å². The van der Waals surface area contributed by atoms with Gasteiger partial charge in [0, 0.05) is 11.8 Å². The van der Waals surface area contributed by atoms with Gasteiger partial charge >= 0.3 is 5.97 Å². The van der Waals surface area contributed by atoms with Crippen LogP contribution in [0.2, 0.25) is 5.02 Å². The van der Waals surface area contributed by atoms with Crippen molar-refractivity contribution in [3.8, 4) is 5.69 Å². The summed E-state index contributed by atoms with van der Waals surface area (Å²) in [5.74, 6) is -0.499. The summed E-state index contributed by atoms with van der Waals surface area (Å²) in [4.78, 5) is 22.8. The van der Waals surface area contributed by atoms with Crippen LogP contribution < -0.4 is 0 Å². The van der Waals surface area contributed by atoms with Gasteiger partial charge in [0.15, 0.2) is 5.78 Å². The standard InChI is InChI=1S/C14H13ClN2O3/c1-3-20-14(19)11-7-16-17(8-11)13-5-4-10(9(2)18)6-12(13)15/h4-8H,3H2,1-2H3. The van der Waals surface area contributed by atoms with E-state index in [1.165, 1.54) is 24.0 Å². The van der Waals surface area contributed by atoms with Crippen molar-refractivity contribution >= 4 is 23.4 Å². The summed E-state index contributed by atoms with van der Waals surface area (Å²) >= 11 is 6.13. The smallest absolute Gasteiger partial charge is 0.341 e. The first-order valence-electron chi connectivity index (χ1n) is 6.05. The number of carbonyl (C=O) groups is 2. The Labute approximate surface area is 121 Å². The predicted octanol–water partition coefficient (Wildman–Crippen LogP) is 2.91. The molecule has 0 aliphatic rings. The van der Waals surface area contributed by atoms with Gasteiger partial charge in [0.25, 0.3) is 0 Å². The van der Waals surface area contributed by atoms with E-state index in [0.717, 1.165) is 0 Å². The number of carbonyl (C=O) groups excluding carboxylic acids is 2. The molecular formula is C14H13ClN2O3. The molecule has 104 valence electrons. The molecule has 6 heteroatoms. The van der Waals surface area contributed by atoms with Crippen LogP contribution in [0.5, 0.6) is 0 Å². The molecule has 1 aromatic heterocycles. The average molecular weight is 293 g/mol. The van der Waals surface area contributed by atoms with Crippen LogP contribution in [0.4, 0.5) is 0 Å². The fraction of sp³-hybridized carbons (Fsp3) is 0.214. The highest BCUT2D eigenvalue weighted by molar-refractivity contribution is 6.32. The Kier molecular flexibility index (Phi) is 4.20. The van der Waals surface area contributed by atoms with E-state index in [1.54, 1.807) is 25.1 Å². The summed E-state index contributed by atoms with van der Waals surface area (Å²) in [6.45, 7) is 3.51. The van der Waals surface area contributed by atoms with E-state index in [2.05, 4.69) is 5.10 Å². The fourth-order valence-corrected chi connectivity index (χ4v) is 1.95. The molecule has 0 fully saturated rings. The largest absolute Gasteiger partial charge is 0.462 e. The summed E-state index contributed by atoms with van der Waals surface area (Å²) in [6, 6.07) is 4.92. The highest BCUT2D eigenvalue weighted by atomic mass is 35.5. The van der Waals surface area contributed by atoms with Crippen LogP contribution in [0.1, 0.15) is 34.6 Å². The molecular weight excluding hydrogens is 280 g/mol. The molecule has 0 spiro atoms. The third-order valence-electron chi connectivity index (χ3n) is 2.69. The third kappa shape index (κ3) is 2.88. The van der Waals surface area contributed by atoms with Gasteiger partial charge in [-0.1, -0.05) is 11.6 Å². The van der Waals surface area contributed by atoms with Crippen LogP contribution in [0.25, 0.3) is 5.69 Å². The molecule has 0 radical (unpaired) electrons. The van der Waals surface area contributed by atoms with Gasteiger partial charge in [0.1, 0.15) is 0 Å². The van der Waals surface area contributed by atoms with Gasteiger partial charge in [-0.25, -0.2) is 9.48 Å². The van der Waals surface area contributed by atoms with Crippen molar-refractivity contribution in [2.75, 3.05) is 6.61 Å². The first-order chi connectivity index (χ1) is 9.52. The number of esters is 1. The Morgan fingerprint density at radius 2 is 2.10 bits per heavy atom. The summed E-state index contributed by atoms with van der Waals surface area (Å²) in [5, 5.41) is 4.46. The van der Waals surface area contributed by atoms with Crippen LogP contribution in [-0.4, -0.2) is 28.1 Å². The first kappa shape index (κ1) is 14.3. The molecule has 2 rings (SSSR count). The quantitative estimate of drug-likeness (QED) is 0.642. The molecule has 0 unspecified atom stereocenters. The highest BCUT2D eigenvalue weighted by Gasteiger charge is 2.12. The predicted molar refractivity (Wildman–Crippen MR) is 74.5 cm³/mol. The van der Waals surface area contributed by atoms with Crippen LogP contribution in [0.15, 0.2) is 30.6 Å². The summed E-state index contributed by atoms with van der Waals surface area (Å²) in [5.41, 5.74) is 1.46. The number of hydrogen-bond donors (Lipinski definition) is 0. The maximum atomic E-state index is 11.6. The van der Waals surface area contributed by atoms with E-state index in [4.69, 9.17) is 16.3 Å². The minimum absolute atomic E-state index is 0.0638. The molecule has 5 nitrogen and oxygen atoms in total. The van der Waals surface area contributed by atoms with Gasteiger partial charge in [-0.3, -0.25) is 4.79 Å². The van der Waals surface area contributed by atoms with E-state index in [0.29, 0.717) is 28.4 Å². The molecule has 0 amide bonds. The summed E-state index contributed by atoms with van der Waals surface area (Å²) in [7, 11) is 0. The molecule has 0 atom stereocenters. The lowest BCUT2D eigenvalue weighted by molar-refractivity contribution is 0.0526. The molecule has 0 saturated carbocycles. The van der Waals surface area contributed by atoms with Crippen LogP contribution in [0, 0.1) is 0 Å². The van der Waals surface area contributed by atoms with E-state index in [-0.39, 0.29) is 5.78 Å². The maximum Gasteiger partial charge on any atom is 0.341 e. The van der Waals surface area contributed by atoms with Crippen molar-refractivity contribution in [1.82, 2.24) is 9.78 Å². The summed E-state index contributed by atoms with van der Waals surface area (Å²) < 4.78 is 6.36. The number of ketones is 1. The van der Waals surface area contributed by atoms with Gasteiger partial charge in [0.05, 0.1) is 29.1 Å². The second-order valence-corrected chi connectivity index (χ2v) is 4.52. The first-order valence-corrected chi connectivity index (χ1v) is 6.43. The van der Waals surface area contributed by atoms with E-state index in [9.17, 15) is 9.59 Å². The molecule has 0 saturated heterocycles. The minimum Gasteiger partial charge on any atom is -0.462 e. The number of halogens is 1. The topological polar surface area (TPSA) is 61.2 Å². The number of Topliss-reactive ketones (excluding diaryl/α,β-unsaturated/α-hetero) is 1. The lowest BCUT2D eigenvalue weighted by atomic mass is 10.1. The molecule has 0 bridgehead atoms. The second-order valence-electron chi connectivity index (χ2n) is 4.12. The van der Waals surface area contributed by atoms with Crippen molar-refractivity contribution in [3.05, 3.63) is 46.7 Å². The van der Waals surface area contributed by atoms with Crippen LogP contribution in [-0.2, 0) is 4.74 Å². The van der Waals surface area contributed by atoms with Crippen molar-refractivity contribution in [2.45, 2.75) is 13.8 Å². The Bertz CT molecular complexity index is 664. The molecule has 1 aromatic carbocycles. The Morgan fingerprint density at radius 1 is 1.35 bits per heavy atom. The zero-order valence-electron chi connectivity index (χ0n) is 11.1. The maximum absolute atomic E-state index is 11.6. The average Bonchev–Trinajstić information content (AvgIpc) is 2.88. The lowest BCUT2D eigenvalue weighted by Gasteiger charge is -2.05. The molecule has 2 aromatic rings. The van der Waals surface area contributed by atoms with Crippen molar-refractivity contribution in [2.24, 2.45) is 0 Å². The SMILES string of the molecule is CCOC(=O)c1cnn(-c2ccc(C(C)=O)cc2Cl)c1. The number of aromatic nitrogens is 2. The molecule has 1 heterocycles. The molecule has 0 aliphatic carbocycles. The number of rotatable bonds is 4. The van der Waals surface area contributed by atoms with Crippen molar-refractivity contribution in [3.63, 3.8) is 0 Å². The minimum atomic E-state index is -0.435. The van der Waals surface area contributed by atoms with Crippen LogP contribution >= 0.6 is 11.6 Å². The van der Waals surface area contributed by atoms with Crippen molar-refractivity contribution < 1.29 is 14.3 Å². The lowest BCUT2D eigenvalue weighted by Crippen LogP contribution is -2.03. The Balaban J connectivity index is 2.33. The second kappa shape index (κ2) is 5.88. The van der Waals surface area contributed by atoms with Gasteiger partial charge in [-0.05, 0) is 32.0 Å². The number of benzene rings is 1. The van der Waals surface area contributed by atoms with Gasteiger partial charge in [-0.2, -0.15) is 5.10 Å². The van der Waals surface area contributed by atoms with E-state index >= 15 is 0 Å². The highest BCUT2D eigenvalue weighted by Crippen LogP contribution is 2.22. The number of hydrogen-bond acceptors (Lipinski definition) is 4. The van der Waals surface area contributed by atoms with E-state index < -0.39 is 5.97 Å². The molecule has 0 aliphatic heterocycles. The fourth-order valence-electron chi connectivity index (χ4n) is 1.69. The zero-order chi connectivity index (χ0) is 14.7. The Hall–Kier alpha value is -2.14. The molecule has 20 heavy (non-hydrogen) atoms. The van der Waals surface area contributed by atoms with Gasteiger partial charge in [-0.15, -0.1) is 0 Å². The zero-order valence-corrected chi connectivity index (χ0v) is 11.8.